The van der Waals surface area contributed by atoms with Crippen LogP contribution in [0.1, 0.15) is 39.5 Å². The zero-order valence-corrected chi connectivity index (χ0v) is 20.6. The molecule has 184 valence electrons. The van der Waals surface area contributed by atoms with Crippen LogP contribution < -0.4 is 10.4 Å². The van der Waals surface area contributed by atoms with Gasteiger partial charge >= 0.3 is 0 Å². The van der Waals surface area contributed by atoms with Crippen molar-refractivity contribution in [1.29, 1.82) is 0 Å². The minimum atomic E-state index is -0.280. The molecule has 0 fully saturated rings. The van der Waals surface area contributed by atoms with Crippen molar-refractivity contribution in [2.24, 2.45) is 10.2 Å². The molecule has 6 nitrogen and oxygen atoms in total. The third-order valence-corrected chi connectivity index (χ3v) is 6.68. The average molecular weight is 496 g/mol. The van der Waals surface area contributed by atoms with Crippen molar-refractivity contribution in [2.45, 2.75) is 12.5 Å². The van der Waals surface area contributed by atoms with Gasteiger partial charge in [0.2, 0.25) is 0 Å². The number of nitrogens with one attached hydrogen (secondary N) is 1. The highest BCUT2D eigenvalue weighted by Crippen LogP contribution is 2.39. The van der Waals surface area contributed by atoms with Gasteiger partial charge in [-0.1, -0.05) is 84.9 Å². The van der Waals surface area contributed by atoms with Gasteiger partial charge in [-0.25, -0.2) is 5.43 Å². The lowest BCUT2D eigenvalue weighted by Crippen LogP contribution is -2.19. The lowest BCUT2D eigenvalue weighted by atomic mass is 9.94. The summed E-state index contributed by atoms with van der Waals surface area (Å²) in [5, 5.41) is 13.8. The molecule has 1 aliphatic rings. The molecule has 1 N–H and O–H groups in total. The monoisotopic (exact) mass is 495 g/mol. The molecular formula is C32H25N5O. The first-order chi connectivity index (χ1) is 18.8. The second-order valence-electron chi connectivity index (χ2n) is 9.07. The van der Waals surface area contributed by atoms with E-state index in [0.717, 1.165) is 28.9 Å². The number of fused-ring (bicyclic) bond motifs is 1. The van der Waals surface area contributed by atoms with Crippen molar-refractivity contribution in [3.8, 4) is 0 Å². The van der Waals surface area contributed by atoms with E-state index >= 15 is 0 Å². The van der Waals surface area contributed by atoms with E-state index in [1.54, 1.807) is 30.7 Å². The Morgan fingerprint density at radius 2 is 1.58 bits per heavy atom. The third kappa shape index (κ3) is 4.80. The van der Waals surface area contributed by atoms with Gasteiger partial charge in [0.1, 0.15) is 0 Å². The third-order valence-electron chi connectivity index (χ3n) is 6.68. The van der Waals surface area contributed by atoms with E-state index in [9.17, 15) is 4.79 Å². The van der Waals surface area contributed by atoms with Crippen LogP contribution in [0.2, 0.25) is 0 Å². The van der Waals surface area contributed by atoms with Gasteiger partial charge in [0.15, 0.2) is 0 Å². The summed E-state index contributed by atoms with van der Waals surface area (Å²) in [6.45, 7) is 0. The predicted octanol–water partition coefficient (Wildman–Crippen LogP) is 6.35. The Balaban J connectivity index is 1.28. The zero-order chi connectivity index (χ0) is 25.7. The fraction of sp³-hybridized carbons (Fsp3) is 0.0625. The number of benzene rings is 4. The van der Waals surface area contributed by atoms with E-state index in [0.29, 0.717) is 5.56 Å². The highest BCUT2D eigenvalue weighted by Gasteiger charge is 2.30. The molecule has 0 aliphatic carbocycles. The van der Waals surface area contributed by atoms with E-state index in [4.69, 9.17) is 5.10 Å². The van der Waals surface area contributed by atoms with Crippen molar-refractivity contribution in [1.82, 2.24) is 10.4 Å². The number of pyridine rings is 1. The van der Waals surface area contributed by atoms with E-state index < -0.39 is 0 Å². The summed E-state index contributed by atoms with van der Waals surface area (Å²) in [6, 6.07) is 36.7. The van der Waals surface area contributed by atoms with Gasteiger partial charge in [-0.15, -0.1) is 0 Å². The van der Waals surface area contributed by atoms with Crippen LogP contribution >= 0.6 is 0 Å². The first kappa shape index (κ1) is 23.3. The number of aromatic nitrogens is 1. The number of nitrogens with zero attached hydrogens (tertiary/aromatic N) is 4. The highest BCUT2D eigenvalue weighted by atomic mass is 16.2. The van der Waals surface area contributed by atoms with E-state index in [1.165, 1.54) is 16.3 Å². The maximum atomic E-state index is 12.2. The lowest BCUT2D eigenvalue weighted by Gasteiger charge is -2.25. The molecule has 0 spiro atoms. The number of hydrazone groups is 2. The topological polar surface area (TPSA) is 70.0 Å². The largest absolute Gasteiger partial charge is 0.271 e. The molecule has 38 heavy (non-hydrogen) atoms. The fourth-order valence-corrected chi connectivity index (χ4v) is 4.78. The molecule has 5 aromatic rings. The van der Waals surface area contributed by atoms with Crippen LogP contribution in [0.4, 0.5) is 5.69 Å². The molecule has 0 bridgehead atoms. The van der Waals surface area contributed by atoms with Gasteiger partial charge in [-0.3, -0.25) is 14.8 Å². The molecule has 0 radical (unpaired) electrons. The first-order valence-corrected chi connectivity index (χ1v) is 12.5. The standard InChI is InChI=1S/C32H25N5O/c38-32(26-17-19-33-20-18-26)35-34-22-23-13-15-27(16-14-23)37-31(21-30(36-37)25-8-2-1-3-9-25)29-12-6-10-24-7-4-5-11-28(24)29/h1-20,22,31H,21H2,(H,35,38)/b34-22-. The van der Waals surface area contributed by atoms with Crippen molar-refractivity contribution in [2.75, 3.05) is 5.01 Å². The average Bonchev–Trinajstić information content (AvgIpc) is 3.43. The summed E-state index contributed by atoms with van der Waals surface area (Å²) in [6.07, 6.45) is 5.59. The molecule has 6 heteroatoms. The summed E-state index contributed by atoms with van der Waals surface area (Å²) in [7, 11) is 0. The smallest absolute Gasteiger partial charge is 0.267 e. The first-order valence-electron chi connectivity index (χ1n) is 12.5. The van der Waals surface area contributed by atoms with Crippen LogP contribution in [0.3, 0.4) is 0 Å². The summed E-state index contributed by atoms with van der Waals surface area (Å²) in [4.78, 5) is 16.1. The molecule has 1 amide bonds. The molecule has 1 aromatic heterocycles. The van der Waals surface area contributed by atoms with Crippen molar-refractivity contribution < 1.29 is 4.79 Å². The minimum Gasteiger partial charge on any atom is -0.267 e. The maximum absolute atomic E-state index is 12.2. The number of hydrogen-bond donors (Lipinski definition) is 1. The van der Waals surface area contributed by atoms with Gasteiger partial charge in [-0.05, 0) is 51.7 Å². The minimum absolute atomic E-state index is 0.0653. The maximum Gasteiger partial charge on any atom is 0.271 e. The molecule has 1 aliphatic heterocycles. The van der Waals surface area contributed by atoms with Gasteiger partial charge in [0, 0.05) is 24.4 Å². The number of anilines is 1. The Morgan fingerprint density at radius 3 is 2.39 bits per heavy atom. The summed E-state index contributed by atoms with van der Waals surface area (Å²) in [5.41, 5.74) is 8.38. The number of carbonyl (C=O) groups is 1. The van der Waals surface area contributed by atoms with E-state index in [2.05, 4.69) is 87.3 Å². The van der Waals surface area contributed by atoms with Crippen LogP contribution in [0.25, 0.3) is 10.8 Å². The second kappa shape index (κ2) is 10.5. The Bertz CT molecular complexity index is 1620. The molecule has 6 rings (SSSR count). The van der Waals surface area contributed by atoms with Crippen LogP contribution in [0.5, 0.6) is 0 Å². The Kier molecular flexibility index (Phi) is 6.43. The summed E-state index contributed by atoms with van der Waals surface area (Å²) >= 11 is 0. The normalized spacial score (nSPS) is 15.1. The molecule has 1 unspecified atom stereocenters. The van der Waals surface area contributed by atoms with Crippen LogP contribution in [0.15, 0.2) is 132 Å². The molecule has 1 atom stereocenters. The van der Waals surface area contributed by atoms with Crippen molar-refractivity contribution >= 4 is 34.3 Å². The summed E-state index contributed by atoms with van der Waals surface area (Å²) in [5.74, 6) is -0.280. The quantitative estimate of drug-likeness (QED) is 0.220. The lowest BCUT2D eigenvalue weighted by molar-refractivity contribution is 0.0955. The fourth-order valence-electron chi connectivity index (χ4n) is 4.78. The number of hydrogen-bond acceptors (Lipinski definition) is 5. The predicted molar refractivity (Wildman–Crippen MR) is 153 cm³/mol. The summed E-state index contributed by atoms with van der Waals surface area (Å²) < 4.78 is 0. The van der Waals surface area contributed by atoms with Gasteiger partial charge in [0.05, 0.1) is 23.7 Å². The number of amides is 1. The van der Waals surface area contributed by atoms with E-state index in [-0.39, 0.29) is 11.9 Å². The Hall–Kier alpha value is -5.10. The zero-order valence-electron chi connectivity index (χ0n) is 20.6. The number of carbonyl (C=O) groups excluding carboxylic acids is 1. The Labute approximate surface area is 221 Å². The number of rotatable bonds is 6. The highest BCUT2D eigenvalue weighted by molar-refractivity contribution is 6.04. The Morgan fingerprint density at radius 1 is 0.842 bits per heavy atom. The van der Waals surface area contributed by atoms with Crippen LogP contribution in [-0.2, 0) is 0 Å². The molecular weight excluding hydrogens is 470 g/mol. The van der Waals surface area contributed by atoms with E-state index in [1.807, 2.05) is 30.3 Å². The van der Waals surface area contributed by atoms with Crippen molar-refractivity contribution in [3.63, 3.8) is 0 Å². The van der Waals surface area contributed by atoms with Crippen molar-refractivity contribution in [3.05, 3.63) is 144 Å². The molecule has 2 heterocycles. The molecule has 4 aromatic carbocycles. The SMILES string of the molecule is O=C(N/N=C\c1ccc(N2N=C(c3ccccc3)CC2c2cccc3ccccc23)cc1)c1ccncc1. The molecule has 0 saturated heterocycles. The van der Waals surface area contributed by atoms with Gasteiger partial charge in [-0.2, -0.15) is 10.2 Å². The van der Waals surface area contributed by atoms with Gasteiger partial charge < -0.3 is 0 Å². The van der Waals surface area contributed by atoms with Gasteiger partial charge in [0.25, 0.3) is 5.91 Å². The molecule has 0 saturated carbocycles. The van der Waals surface area contributed by atoms with Crippen LogP contribution in [-0.4, -0.2) is 22.8 Å². The second-order valence-corrected chi connectivity index (χ2v) is 9.07. The van der Waals surface area contributed by atoms with Crippen LogP contribution in [0, 0.1) is 0 Å².